The number of amides is 2. The third-order valence-corrected chi connectivity index (χ3v) is 5.46. The molecule has 1 spiro atoms. The van der Waals surface area contributed by atoms with Crippen LogP contribution in [0, 0.1) is 11.3 Å². The van der Waals surface area contributed by atoms with Crippen LogP contribution in [-0.2, 0) is 11.8 Å². The first-order chi connectivity index (χ1) is 12.6. The van der Waals surface area contributed by atoms with Gasteiger partial charge in [0, 0.05) is 45.0 Å². The van der Waals surface area contributed by atoms with Gasteiger partial charge >= 0.3 is 0 Å². The Kier molecular flexibility index (Phi) is 4.10. The van der Waals surface area contributed by atoms with Crippen molar-refractivity contribution in [3.8, 4) is 5.75 Å². The van der Waals surface area contributed by atoms with Gasteiger partial charge < -0.3 is 15.0 Å². The molecule has 0 saturated carbocycles. The molecule has 2 aromatic heterocycles. The quantitative estimate of drug-likeness (QED) is 0.861. The van der Waals surface area contributed by atoms with Crippen molar-refractivity contribution < 1.29 is 14.3 Å². The van der Waals surface area contributed by atoms with E-state index in [1.54, 1.807) is 41.3 Å². The molecule has 2 fully saturated rings. The van der Waals surface area contributed by atoms with Gasteiger partial charge in [-0.15, -0.1) is 0 Å². The first kappa shape index (κ1) is 16.6. The molecule has 4 heterocycles. The summed E-state index contributed by atoms with van der Waals surface area (Å²) in [5.41, 5.74) is -0.0557. The first-order valence-electron chi connectivity index (χ1n) is 8.68. The van der Waals surface area contributed by atoms with Gasteiger partial charge in [-0.05, 0) is 24.6 Å². The van der Waals surface area contributed by atoms with Crippen molar-refractivity contribution >= 4 is 11.8 Å². The van der Waals surface area contributed by atoms with Gasteiger partial charge in [0.05, 0.1) is 18.2 Å². The zero-order chi connectivity index (χ0) is 18.1. The molecule has 2 amide bonds. The minimum atomic E-state index is -0.587. The van der Waals surface area contributed by atoms with E-state index in [0.717, 1.165) is 0 Å². The van der Waals surface area contributed by atoms with E-state index in [9.17, 15) is 9.59 Å². The van der Waals surface area contributed by atoms with E-state index in [-0.39, 0.29) is 17.7 Å². The van der Waals surface area contributed by atoms with Gasteiger partial charge in [-0.2, -0.15) is 5.10 Å². The third kappa shape index (κ3) is 2.71. The van der Waals surface area contributed by atoms with Crippen LogP contribution in [0.3, 0.4) is 0 Å². The molecule has 136 valence electrons. The van der Waals surface area contributed by atoms with Crippen LogP contribution >= 0.6 is 0 Å². The van der Waals surface area contributed by atoms with Crippen LogP contribution in [0.5, 0.6) is 5.75 Å². The molecule has 1 N–H and O–H groups in total. The second-order valence-corrected chi connectivity index (χ2v) is 6.88. The average Bonchev–Trinajstić information content (AvgIpc) is 3.36. The van der Waals surface area contributed by atoms with Crippen LogP contribution in [0.2, 0.25) is 0 Å². The molecule has 0 aliphatic carbocycles. The monoisotopic (exact) mass is 355 g/mol. The zero-order valence-corrected chi connectivity index (χ0v) is 14.6. The summed E-state index contributed by atoms with van der Waals surface area (Å²) in [4.78, 5) is 31.1. The van der Waals surface area contributed by atoms with E-state index in [2.05, 4.69) is 15.4 Å². The summed E-state index contributed by atoms with van der Waals surface area (Å²) < 4.78 is 7.40. The highest BCUT2D eigenvalue weighted by molar-refractivity contribution is 5.94. The van der Waals surface area contributed by atoms with E-state index in [0.29, 0.717) is 44.1 Å². The number of hydrogen-bond donors (Lipinski definition) is 1. The standard InChI is InChI=1S/C18H21N5O3/c1-22-15(4-7-21-22)16(24)23-8-5-18(12-23)13(9-20-17(18)25)11-26-14-3-2-6-19-10-14/h2-4,6-7,10,13H,5,8-9,11-12H2,1H3,(H,20,25)/t13-,18+/m0/s1. The number of hydrogen-bond acceptors (Lipinski definition) is 5. The van der Waals surface area contributed by atoms with E-state index >= 15 is 0 Å². The number of rotatable bonds is 4. The Morgan fingerprint density at radius 2 is 2.31 bits per heavy atom. The molecule has 2 aliphatic heterocycles. The molecule has 2 aromatic rings. The molecule has 0 aromatic carbocycles. The van der Waals surface area contributed by atoms with Crippen LogP contribution in [0.1, 0.15) is 16.9 Å². The maximum absolute atomic E-state index is 12.8. The van der Waals surface area contributed by atoms with Crippen molar-refractivity contribution in [2.24, 2.45) is 18.4 Å². The molecule has 26 heavy (non-hydrogen) atoms. The summed E-state index contributed by atoms with van der Waals surface area (Å²) in [6, 6.07) is 5.36. The number of carbonyl (C=O) groups excluding carboxylic acids is 2. The largest absolute Gasteiger partial charge is 0.492 e. The minimum Gasteiger partial charge on any atom is -0.492 e. The summed E-state index contributed by atoms with van der Waals surface area (Å²) in [6.45, 7) is 1.94. The molecule has 0 bridgehead atoms. The number of nitrogens with one attached hydrogen (secondary N) is 1. The Hall–Kier alpha value is -2.90. The number of aryl methyl sites for hydroxylation is 1. The van der Waals surface area contributed by atoms with E-state index in [1.807, 2.05) is 12.1 Å². The van der Waals surface area contributed by atoms with E-state index in [1.165, 1.54) is 0 Å². The molecular formula is C18H21N5O3. The van der Waals surface area contributed by atoms with E-state index < -0.39 is 5.41 Å². The molecule has 2 atom stereocenters. The number of ether oxygens (including phenoxy) is 1. The summed E-state index contributed by atoms with van der Waals surface area (Å²) >= 11 is 0. The van der Waals surface area contributed by atoms with Crippen molar-refractivity contribution in [1.82, 2.24) is 25.0 Å². The number of likely N-dealkylation sites (tertiary alicyclic amines) is 1. The van der Waals surface area contributed by atoms with Gasteiger partial charge in [0.2, 0.25) is 5.91 Å². The number of aromatic nitrogens is 3. The van der Waals surface area contributed by atoms with Crippen molar-refractivity contribution in [3.05, 3.63) is 42.5 Å². The van der Waals surface area contributed by atoms with Crippen molar-refractivity contribution in [3.63, 3.8) is 0 Å². The highest BCUT2D eigenvalue weighted by Gasteiger charge is 2.55. The topological polar surface area (TPSA) is 89.4 Å². The van der Waals surface area contributed by atoms with Crippen LogP contribution in [0.25, 0.3) is 0 Å². The Balaban J connectivity index is 1.48. The maximum Gasteiger partial charge on any atom is 0.272 e. The lowest BCUT2D eigenvalue weighted by Crippen LogP contribution is -2.41. The lowest BCUT2D eigenvalue weighted by molar-refractivity contribution is -0.128. The summed E-state index contributed by atoms with van der Waals surface area (Å²) in [7, 11) is 1.74. The van der Waals surface area contributed by atoms with Gasteiger partial charge in [0.1, 0.15) is 11.4 Å². The molecule has 8 heteroatoms. The normalized spacial score (nSPS) is 24.9. The molecule has 2 aliphatic rings. The maximum atomic E-state index is 12.8. The fourth-order valence-electron chi connectivity index (χ4n) is 3.89. The van der Waals surface area contributed by atoms with Crippen molar-refractivity contribution in [2.45, 2.75) is 6.42 Å². The Bertz CT molecular complexity index is 821. The third-order valence-electron chi connectivity index (χ3n) is 5.46. The number of nitrogens with zero attached hydrogens (tertiary/aromatic N) is 4. The zero-order valence-electron chi connectivity index (χ0n) is 14.6. The summed E-state index contributed by atoms with van der Waals surface area (Å²) in [5.74, 6) is 0.619. The molecule has 8 nitrogen and oxygen atoms in total. The SMILES string of the molecule is Cn1nccc1C(=O)N1CC[C@]2(C1)C(=O)NC[C@H]2COc1cccnc1. The number of carbonyl (C=O) groups is 2. The fraction of sp³-hybridized carbons (Fsp3) is 0.444. The lowest BCUT2D eigenvalue weighted by Gasteiger charge is -2.28. The molecule has 2 saturated heterocycles. The Morgan fingerprint density at radius 1 is 1.42 bits per heavy atom. The van der Waals surface area contributed by atoms with Crippen molar-refractivity contribution in [1.29, 1.82) is 0 Å². The van der Waals surface area contributed by atoms with Gasteiger partial charge in [-0.3, -0.25) is 19.3 Å². The fourth-order valence-corrected chi connectivity index (χ4v) is 3.89. The van der Waals surface area contributed by atoms with Crippen LogP contribution in [0.15, 0.2) is 36.8 Å². The lowest BCUT2D eigenvalue weighted by atomic mass is 9.77. The second-order valence-electron chi connectivity index (χ2n) is 6.88. The van der Waals surface area contributed by atoms with Gasteiger partial charge in [-0.1, -0.05) is 0 Å². The van der Waals surface area contributed by atoms with Crippen LogP contribution in [0.4, 0.5) is 0 Å². The average molecular weight is 355 g/mol. The van der Waals surface area contributed by atoms with E-state index in [4.69, 9.17) is 4.74 Å². The van der Waals surface area contributed by atoms with Crippen molar-refractivity contribution in [2.75, 3.05) is 26.2 Å². The highest BCUT2D eigenvalue weighted by Crippen LogP contribution is 2.42. The smallest absolute Gasteiger partial charge is 0.272 e. The second kappa shape index (κ2) is 6.44. The summed E-state index contributed by atoms with van der Waals surface area (Å²) in [5, 5.41) is 7.01. The molecule has 0 unspecified atom stereocenters. The van der Waals surface area contributed by atoms with Crippen LogP contribution in [-0.4, -0.2) is 57.7 Å². The Morgan fingerprint density at radius 3 is 3.04 bits per heavy atom. The first-order valence-corrected chi connectivity index (χ1v) is 8.68. The molecule has 0 radical (unpaired) electrons. The predicted molar refractivity (Wildman–Crippen MR) is 92.4 cm³/mol. The summed E-state index contributed by atoms with van der Waals surface area (Å²) in [6.07, 6.45) is 5.59. The molecule has 4 rings (SSSR count). The number of pyridine rings is 1. The molecular weight excluding hydrogens is 334 g/mol. The van der Waals surface area contributed by atoms with Gasteiger partial charge in [-0.25, -0.2) is 0 Å². The Labute approximate surface area is 151 Å². The van der Waals surface area contributed by atoms with Gasteiger partial charge in [0.25, 0.3) is 5.91 Å². The van der Waals surface area contributed by atoms with Gasteiger partial charge in [0.15, 0.2) is 0 Å². The minimum absolute atomic E-state index is 0.0117. The predicted octanol–water partition coefficient (Wildman–Crippen LogP) is 0.472. The van der Waals surface area contributed by atoms with Crippen LogP contribution < -0.4 is 10.1 Å². The highest BCUT2D eigenvalue weighted by atomic mass is 16.5.